The summed E-state index contributed by atoms with van der Waals surface area (Å²) in [6, 6.07) is 5.29. The maximum Gasteiger partial charge on any atom is 0.242 e. The summed E-state index contributed by atoms with van der Waals surface area (Å²) < 4.78 is 26.7. The Bertz CT molecular complexity index is 590. The molecule has 2 unspecified atom stereocenters. The van der Waals surface area contributed by atoms with Gasteiger partial charge in [0.05, 0.1) is 5.69 Å². The standard InChI is InChI=1S/C14H23N3O2S2/c1-16-21(18,19)14-9-10(15)7-8-12(14)17-11-5-3-4-6-13(11)20-2/h7-9,11,13,16-17H,3-6,15H2,1-2H3. The highest BCUT2D eigenvalue weighted by Crippen LogP contribution is 2.32. The average molecular weight is 329 g/mol. The van der Waals surface area contributed by atoms with Crippen LogP contribution in [0.2, 0.25) is 0 Å². The van der Waals surface area contributed by atoms with Gasteiger partial charge in [-0.25, -0.2) is 13.1 Å². The monoisotopic (exact) mass is 329 g/mol. The molecule has 0 heterocycles. The second-order valence-corrected chi connectivity index (χ2v) is 8.20. The molecule has 1 aromatic carbocycles. The van der Waals surface area contributed by atoms with Gasteiger partial charge in [-0.15, -0.1) is 0 Å². The van der Waals surface area contributed by atoms with Crippen molar-refractivity contribution in [2.45, 2.75) is 41.9 Å². The van der Waals surface area contributed by atoms with Gasteiger partial charge in [0.2, 0.25) is 10.0 Å². The predicted molar refractivity (Wildman–Crippen MR) is 90.3 cm³/mol. The lowest BCUT2D eigenvalue weighted by atomic mass is 9.94. The first-order valence-electron chi connectivity index (χ1n) is 7.10. The number of rotatable bonds is 5. The number of nitrogens with two attached hydrogens (primary N) is 1. The lowest BCUT2D eigenvalue weighted by molar-refractivity contribution is 0.474. The number of sulfonamides is 1. The quantitative estimate of drug-likeness (QED) is 0.722. The summed E-state index contributed by atoms with van der Waals surface area (Å²) in [5.74, 6) is 0. The largest absolute Gasteiger partial charge is 0.399 e. The fraction of sp³-hybridized carbons (Fsp3) is 0.571. The van der Waals surface area contributed by atoms with Gasteiger partial charge in [0.25, 0.3) is 0 Å². The number of nitrogens with one attached hydrogen (secondary N) is 2. The number of hydrogen-bond donors (Lipinski definition) is 3. The minimum Gasteiger partial charge on any atom is -0.399 e. The van der Waals surface area contributed by atoms with Gasteiger partial charge >= 0.3 is 0 Å². The third-order valence-corrected chi connectivity index (χ3v) is 6.53. The molecule has 7 heteroatoms. The van der Waals surface area contributed by atoms with Crippen molar-refractivity contribution in [3.05, 3.63) is 18.2 Å². The lowest BCUT2D eigenvalue weighted by Gasteiger charge is -2.32. The molecular formula is C14H23N3O2S2. The van der Waals surface area contributed by atoms with Gasteiger partial charge in [0.15, 0.2) is 0 Å². The van der Waals surface area contributed by atoms with Crippen LogP contribution in [-0.4, -0.2) is 33.0 Å². The Hall–Kier alpha value is -0.920. The highest BCUT2D eigenvalue weighted by Gasteiger charge is 2.26. The van der Waals surface area contributed by atoms with E-state index in [1.54, 1.807) is 12.1 Å². The summed E-state index contributed by atoms with van der Waals surface area (Å²) in [6.07, 6.45) is 6.76. The fourth-order valence-electron chi connectivity index (χ4n) is 2.73. The zero-order valence-electron chi connectivity index (χ0n) is 12.4. The van der Waals surface area contributed by atoms with Crippen molar-refractivity contribution in [3.63, 3.8) is 0 Å². The van der Waals surface area contributed by atoms with Gasteiger partial charge in [-0.05, 0) is 44.3 Å². The van der Waals surface area contributed by atoms with Crippen LogP contribution in [-0.2, 0) is 10.0 Å². The second kappa shape index (κ2) is 6.89. The zero-order valence-corrected chi connectivity index (χ0v) is 14.1. The molecule has 4 N–H and O–H groups in total. The van der Waals surface area contributed by atoms with Gasteiger partial charge in [0.1, 0.15) is 4.90 Å². The molecule has 0 amide bonds. The molecule has 1 aliphatic carbocycles. The van der Waals surface area contributed by atoms with Crippen molar-refractivity contribution in [2.24, 2.45) is 0 Å². The summed E-state index contributed by atoms with van der Waals surface area (Å²) in [4.78, 5) is 0.218. The summed E-state index contributed by atoms with van der Waals surface area (Å²) >= 11 is 1.84. The van der Waals surface area contributed by atoms with Gasteiger partial charge in [-0.2, -0.15) is 11.8 Å². The van der Waals surface area contributed by atoms with Crippen LogP contribution < -0.4 is 15.8 Å². The first-order valence-corrected chi connectivity index (χ1v) is 9.87. The van der Waals surface area contributed by atoms with E-state index < -0.39 is 10.0 Å². The molecule has 0 bridgehead atoms. The highest BCUT2D eigenvalue weighted by molar-refractivity contribution is 7.99. The summed E-state index contributed by atoms with van der Waals surface area (Å²) in [5.41, 5.74) is 6.81. The van der Waals surface area contributed by atoms with Crippen LogP contribution in [0.1, 0.15) is 25.7 Å². The van der Waals surface area contributed by atoms with Crippen LogP contribution in [0.3, 0.4) is 0 Å². The molecule has 0 saturated heterocycles. The number of anilines is 2. The van der Waals surface area contributed by atoms with Crippen molar-refractivity contribution in [2.75, 3.05) is 24.4 Å². The van der Waals surface area contributed by atoms with Gasteiger partial charge in [-0.1, -0.05) is 12.8 Å². The van der Waals surface area contributed by atoms with E-state index in [2.05, 4.69) is 16.3 Å². The SMILES string of the molecule is CNS(=O)(=O)c1cc(N)ccc1NC1CCCCC1SC. The number of hydrogen-bond acceptors (Lipinski definition) is 5. The Kier molecular flexibility index (Phi) is 5.40. The number of thioether (sulfide) groups is 1. The maximum absolute atomic E-state index is 12.2. The van der Waals surface area contributed by atoms with Gasteiger partial charge in [-0.3, -0.25) is 0 Å². The van der Waals surface area contributed by atoms with E-state index in [1.165, 1.54) is 32.4 Å². The average Bonchev–Trinajstić information content (AvgIpc) is 2.49. The van der Waals surface area contributed by atoms with Crippen LogP contribution in [0.4, 0.5) is 11.4 Å². The molecule has 1 saturated carbocycles. The van der Waals surface area contributed by atoms with E-state index in [-0.39, 0.29) is 4.90 Å². The van der Waals surface area contributed by atoms with E-state index in [0.29, 0.717) is 22.7 Å². The normalized spacial score (nSPS) is 23.0. The number of nitrogen functional groups attached to an aromatic ring is 1. The second-order valence-electron chi connectivity index (χ2n) is 5.27. The van der Waals surface area contributed by atoms with Crippen molar-refractivity contribution >= 4 is 33.2 Å². The van der Waals surface area contributed by atoms with Crippen LogP contribution in [0.15, 0.2) is 23.1 Å². The Balaban J connectivity index is 2.31. The molecule has 2 rings (SSSR count). The summed E-state index contributed by atoms with van der Waals surface area (Å²) in [5, 5.41) is 3.94. The Morgan fingerprint density at radius 2 is 2.00 bits per heavy atom. The topological polar surface area (TPSA) is 84.2 Å². The minimum absolute atomic E-state index is 0.218. The Morgan fingerprint density at radius 1 is 1.29 bits per heavy atom. The smallest absolute Gasteiger partial charge is 0.242 e. The van der Waals surface area contributed by atoms with E-state index in [4.69, 9.17) is 5.73 Å². The molecule has 0 aromatic heterocycles. The molecule has 118 valence electrons. The van der Waals surface area contributed by atoms with E-state index >= 15 is 0 Å². The zero-order chi connectivity index (χ0) is 15.5. The maximum atomic E-state index is 12.2. The van der Waals surface area contributed by atoms with Gasteiger partial charge < -0.3 is 11.1 Å². The first kappa shape index (κ1) is 16.5. The van der Waals surface area contributed by atoms with E-state index in [0.717, 1.165) is 6.42 Å². The fourth-order valence-corrected chi connectivity index (χ4v) is 4.60. The van der Waals surface area contributed by atoms with Crippen LogP contribution >= 0.6 is 11.8 Å². The first-order chi connectivity index (χ1) is 9.97. The molecule has 0 spiro atoms. The van der Waals surface area contributed by atoms with Crippen LogP contribution in [0, 0.1) is 0 Å². The van der Waals surface area contributed by atoms with Crippen molar-refractivity contribution < 1.29 is 8.42 Å². The molecular weight excluding hydrogens is 306 g/mol. The molecule has 1 aromatic rings. The van der Waals surface area contributed by atoms with E-state index in [1.807, 2.05) is 11.8 Å². The minimum atomic E-state index is -3.53. The van der Waals surface area contributed by atoms with E-state index in [9.17, 15) is 8.42 Å². The van der Waals surface area contributed by atoms with Crippen LogP contribution in [0.5, 0.6) is 0 Å². The molecule has 0 radical (unpaired) electrons. The molecule has 2 atom stereocenters. The Morgan fingerprint density at radius 3 is 2.67 bits per heavy atom. The number of benzene rings is 1. The molecule has 1 fully saturated rings. The molecule has 0 aliphatic heterocycles. The van der Waals surface area contributed by atoms with Crippen LogP contribution in [0.25, 0.3) is 0 Å². The van der Waals surface area contributed by atoms with Crippen molar-refractivity contribution in [1.82, 2.24) is 4.72 Å². The summed E-state index contributed by atoms with van der Waals surface area (Å²) in [6.45, 7) is 0. The predicted octanol–water partition coefficient (Wildman–Crippen LogP) is 2.26. The van der Waals surface area contributed by atoms with Crippen molar-refractivity contribution in [3.8, 4) is 0 Å². The highest BCUT2D eigenvalue weighted by atomic mass is 32.2. The lowest BCUT2D eigenvalue weighted by Crippen LogP contribution is -2.35. The molecule has 21 heavy (non-hydrogen) atoms. The molecule has 1 aliphatic rings. The Labute approximate surface area is 131 Å². The van der Waals surface area contributed by atoms with Crippen molar-refractivity contribution in [1.29, 1.82) is 0 Å². The summed E-state index contributed by atoms with van der Waals surface area (Å²) in [7, 11) is -2.12. The molecule has 5 nitrogen and oxygen atoms in total. The van der Waals surface area contributed by atoms with Gasteiger partial charge in [0, 0.05) is 17.0 Å². The third kappa shape index (κ3) is 3.84. The third-order valence-electron chi connectivity index (χ3n) is 3.91.